The first-order valence-corrected chi connectivity index (χ1v) is 8.17. The van der Waals surface area contributed by atoms with Crippen LogP contribution in [0.3, 0.4) is 0 Å². The highest BCUT2D eigenvalue weighted by atomic mass is 32.1. The molecule has 4 N–H and O–H groups in total. The number of nitrogens with zero attached hydrogens (tertiary/aromatic N) is 3. The average Bonchev–Trinajstić information content (AvgIpc) is 3.01. The van der Waals surface area contributed by atoms with Gasteiger partial charge >= 0.3 is 0 Å². The normalized spacial score (nSPS) is 19.0. The molecule has 0 radical (unpaired) electrons. The second-order valence-corrected chi connectivity index (χ2v) is 6.72. The highest BCUT2D eigenvalue weighted by Crippen LogP contribution is 2.45. The molecule has 4 rings (SSSR count). The number of fused-ring (bicyclic) bond motifs is 2. The molecule has 8 heteroatoms. The maximum absolute atomic E-state index is 12.2. The van der Waals surface area contributed by atoms with Crippen molar-refractivity contribution in [3.8, 4) is 0 Å². The van der Waals surface area contributed by atoms with E-state index in [4.69, 9.17) is 5.73 Å². The van der Waals surface area contributed by atoms with Crippen molar-refractivity contribution in [1.82, 2.24) is 20.3 Å². The van der Waals surface area contributed by atoms with Crippen LogP contribution < -0.4 is 16.4 Å². The Labute approximate surface area is 131 Å². The minimum atomic E-state index is -0.258. The number of rotatable bonds is 2. The number of hydrogen-bond donors (Lipinski definition) is 3. The number of carbonyl (C=O) groups excluding carboxylic acids is 1. The predicted octanol–water partition coefficient (Wildman–Crippen LogP) is 2.16. The minimum absolute atomic E-state index is 0.00958. The second-order valence-electron chi connectivity index (χ2n) is 5.72. The molecule has 2 aromatic heterocycles. The Morgan fingerprint density at radius 1 is 1.27 bits per heavy atom. The van der Waals surface area contributed by atoms with Crippen LogP contribution in [0, 0.1) is 0 Å². The lowest BCUT2D eigenvalue weighted by molar-refractivity contribution is 0.0910. The zero-order chi connectivity index (χ0) is 15.2. The van der Waals surface area contributed by atoms with Crippen LogP contribution in [0.1, 0.15) is 47.5 Å². The van der Waals surface area contributed by atoms with Crippen LogP contribution >= 0.6 is 11.3 Å². The van der Waals surface area contributed by atoms with Gasteiger partial charge in [-0.05, 0) is 18.9 Å². The maximum Gasteiger partial charge on any atom is 0.264 e. The third-order valence-corrected chi connectivity index (χ3v) is 5.23. The van der Waals surface area contributed by atoms with E-state index in [1.807, 2.05) is 0 Å². The van der Waals surface area contributed by atoms with Gasteiger partial charge in [-0.25, -0.2) is 9.97 Å². The summed E-state index contributed by atoms with van der Waals surface area (Å²) in [6.45, 7) is 0. The lowest BCUT2D eigenvalue weighted by Gasteiger charge is -2.32. The number of amides is 1. The number of nitrogens with one attached hydrogen (secondary N) is 2. The molecular weight excluding hydrogens is 300 g/mol. The van der Waals surface area contributed by atoms with E-state index in [0.717, 1.165) is 31.4 Å². The summed E-state index contributed by atoms with van der Waals surface area (Å²) in [6, 6.07) is 1.72. The standard InChI is InChI=1S/C14H16N6OS/c15-12-16-7-4-8(17-12)18-13-19-10-9(22-13)11(21)20-14(10)5-2-1-3-6-14/h4,7H,1-3,5-6H2,(H,20,21)(H3,15,16,17,18,19). The molecule has 1 aliphatic carbocycles. The van der Waals surface area contributed by atoms with Gasteiger partial charge in [-0.3, -0.25) is 4.79 Å². The number of hydrogen-bond acceptors (Lipinski definition) is 7. The van der Waals surface area contributed by atoms with Crippen LogP contribution in [-0.2, 0) is 5.54 Å². The van der Waals surface area contributed by atoms with Gasteiger partial charge < -0.3 is 16.4 Å². The molecule has 22 heavy (non-hydrogen) atoms. The third kappa shape index (κ3) is 2.10. The van der Waals surface area contributed by atoms with Gasteiger partial charge in [-0.2, -0.15) is 4.98 Å². The second kappa shape index (κ2) is 4.91. The van der Waals surface area contributed by atoms with E-state index in [-0.39, 0.29) is 17.4 Å². The maximum atomic E-state index is 12.2. The van der Waals surface area contributed by atoms with Crippen LogP contribution in [0.25, 0.3) is 0 Å². The summed E-state index contributed by atoms with van der Waals surface area (Å²) < 4.78 is 0. The number of nitrogens with two attached hydrogens (primary N) is 1. The summed E-state index contributed by atoms with van der Waals surface area (Å²) in [5, 5.41) is 6.93. The molecule has 114 valence electrons. The van der Waals surface area contributed by atoms with Crippen molar-refractivity contribution < 1.29 is 4.79 Å². The van der Waals surface area contributed by atoms with E-state index in [1.165, 1.54) is 17.8 Å². The smallest absolute Gasteiger partial charge is 0.264 e. The molecule has 2 aliphatic rings. The van der Waals surface area contributed by atoms with Crippen LogP contribution in [0.2, 0.25) is 0 Å². The number of thiazole rings is 1. The van der Waals surface area contributed by atoms with E-state index in [9.17, 15) is 4.79 Å². The molecule has 0 aromatic carbocycles. The number of anilines is 3. The van der Waals surface area contributed by atoms with Crippen molar-refractivity contribution in [3.63, 3.8) is 0 Å². The topological polar surface area (TPSA) is 106 Å². The van der Waals surface area contributed by atoms with Gasteiger partial charge in [0.25, 0.3) is 5.91 Å². The predicted molar refractivity (Wildman–Crippen MR) is 84.1 cm³/mol. The van der Waals surface area contributed by atoms with Crippen molar-refractivity contribution in [2.24, 2.45) is 0 Å². The molecule has 1 fully saturated rings. The summed E-state index contributed by atoms with van der Waals surface area (Å²) in [5.74, 6) is 0.776. The molecule has 0 unspecified atom stereocenters. The Morgan fingerprint density at radius 2 is 2.09 bits per heavy atom. The van der Waals surface area contributed by atoms with Gasteiger partial charge in [0, 0.05) is 6.20 Å². The molecule has 0 atom stereocenters. The van der Waals surface area contributed by atoms with E-state index < -0.39 is 0 Å². The third-order valence-electron chi connectivity index (χ3n) is 4.26. The molecule has 1 saturated carbocycles. The quantitative estimate of drug-likeness (QED) is 0.784. The van der Waals surface area contributed by atoms with Gasteiger partial charge in [0.2, 0.25) is 5.95 Å². The van der Waals surface area contributed by atoms with Crippen molar-refractivity contribution >= 4 is 34.1 Å². The van der Waals surface area contributed by atoms with Gasteiger partial charge in [0.1, 0.15) is 10.7 Å². The zero-order valence-corrected chi connectivity index (χ0v) is 12.7. The SMILES string of the molecule is Nc1nccc(Nc2nc3c(s2)C(=O)NC32CCCCC2)n1. The molecule has 1 amide bonds. The van der Waals surface area contributed by atoms with Crippen molar-refractivity contribution in [3.05, 3.63) is 22.8 Å². The number of nitrogen functional groups attached to an aromatic ring is 1. The number of aromatic nitrogens is 3. The van der Waals surface area contributed by atoms with Gasteiger partial charge in [-0.15, -0.1) is 0 Å². The Bertz CT molecular complexity index is 737. The minimum Gasteiger partial charge on any atom is -0.368 e. The van der Waals surface area contributed by atoms with Crippen molar-refractivity contribution in [2.45, 2.75) is 37.6 Å². The van der Waals surface area contributed by atoms with Crippen LogP contribution in [0.15, 0.2) is 12.3 Å². The first-order valence-electron chi connectivity index (χ1n) is 7.36. The molecule has 2 aromatic rings. The van der Waals surface area contributed by atoms with Crippen molar-refractivity contribution in [1.29, 1.82) is 0 Å². The molecule has 7 nitrogen and oxygen atoms in total. The highest BCUT2D eigenvalue weighted by molar-refractivity contribution is 7.17. The molecule has 1 aliphatic heterocycles. The summed E-state index contributed by atoms with van der Waals surface area (Å²) in [7, 11) is 0. The van der Waals surface area contributed by atoms with Gasteiger partial charge in [0.05, 0.1) is 11.2 Å². The van der Waals surface area contributed by atoms with Crippen molar-refractivity contribution in [2.75, 3.05) is 11.1 Å². The van der Waals surface area contributed by atoms with Crippen LogP contribution in [0.5, 0.6) is 0 Å². The average molecular weight is 316 g/mol. The van der Waals surface area contributed by atoms with E-state index in [0.29, 0.717) is 15.8 Å². The van der Waals surface area contributed by atoms with Crippen LogP contribution in [-0.4, -0.2) is 20.9 Å². The lowest BCUT2D eigenvalue weighted by Crippen LogP contribution is -2.41. The summed E-state index contributed by atoms with van der Waals surface area (Å²) in [4.78, 5) is 25.6. The van der Waals surface area contributed by atoms with Crippen LogP contribution in [0.4, 0.5) is 16.9 Å². The number of carbonyl (C=O) groups is 1. The monoisotopic (exact) mass is 316 g/mol. The lowest BCUT2D eigenvalue weighted by atomic mass is 9.81. The highest BCUT2D eigenvalue weighted by Gasteiger charge is 2.46. The molecular formula is C14H16N6OS. The molecule has 0 saturated heterocycles. The van der Waals surface area contributed by atoms with Gasteiger partial charge in [-0.1, -0.05) is 30.6 Å². The first-order chi connectivity index (χ1) is 10.7. The Morgan fingerprint density at radius 3 is 2.86 bits per heavy atom. The Kier molecular flexibility index (Phi) is 3.00. The summed E-state index contributed by atoms with van der Waals surface area (Å²) >= 11 is 1.36. The fraction of sp³-hybridized carbons (Fsp3) is 0.429. The Hall–Kier alpha value is -2.22. The van der Waals surface area contributed by atoms with E-state index >= 15 is 0 Å². The molecule has 0 bridgehead atoms. The largest absolute Gasteiger partial charge is 0.368 e. The van der Waals surface area contributed by atoms with E-state index in [2.05, 4.69) is 25.6 Å². The molecule has 1 spiro atoms. The zero-order valence-electron chi connectivity index (χ0n) is 11.9. The van der Waals surface area contributed by atoms with Gasteiger partial charge in [0.15, 0.2) is 5.13 Å². The van der Waals surface area contributed by atoms with E-state index in [1.54, 1.807) is 12.3 Å². The fourth-order valence-corrected chi connectivity index (χ4v) is 4.22. The summed E-state index contributed by atoms with van der Waals surface area (Å²) in [6.07, 6.45) is 7.00. The molecule has 3 heterocycles. The summed E-state index contributed by atoms with van der Waals surface area (Å²) in [5.41, 5.74) is 6.21. The Balaban J connectivity index is 1.66. The fourth-order valence-electron chi connectivity index (χ4n) is 3.26. The first kappa shape index (κ1) is 13.4.